The lowest BCUT2D eigenvalue weighted by atomic mass is 10.4. The Morgan fingerprint density at radius 1 is 1.41 bits per heavy atom. The molecule has 90 valence electrons. The minimum Gasteiger partial charge on any atom is -0.364 e. The third kappa shape index (κ3) is 3.04. The Hall–Kier alpha value is -1.88. The lowest BCUT2D eigenvalue weighted by Crippen LogP contribution is -2.19. The van der Waals surface area contributed by atoms with E-state index in [1.165, 1.54) is 5.69 Å². The van der Waals surface area contributed by atoms with Gasteiger partial charge in [-0.3, -0.25) is 0 Å². The highest BCUT2D eigenvalue weighted by atomic mass is 15.2. The molecule has 0 spiro atoms. The predicted molar refractivity (Wildman–Crippen MR) is 67.7 cm³/mol. The zero-order chi connectivity index (χ0) is 12.1. The van der Waals surface area contributed by atoms with Crippen LogP contribution in [0, 0.1) is 0 Å². The van der Waals surface area contributed by atoms with Gasteiger partial charge in [-0.05, 0) is 25.2 Å². The summed E-state index contributed by atoms with van der Waals surface area (Å²) in [5.41, 5.74) is 1.17. The van der Waals surface area contributed by atoms with E-state index >= 15 is 0 Å². The molecule has 5 heteroatoms. The molecule has 2 aromatic heterocycles. The van der Waals surface area contributed by atoms with Crippen LogP contribution in [0.3, 0.4) is 0 Å². The molecule has 0 aromatic carbocycles. The summed E-state index contributed by atoms with van der Waals surface area (Å²) in [5.74, 6) is 1.74. The molecule has 0 bridgehead atoms. The molecule has 0 aliphatic carbocycles. The van der Waals surface area contributed by atoms with Crippen LogP contribution in [0.1, 0.15) is 11.5 Å². The zero-order valence-corrected chi connectivity index (χ0v) is 10.1. The Kier molecular flexibility index (Phi) is 3.72. The summed E-state index contributed by atoms with van der Waals surface area (Å²) in [6, 6.07) is 5.98. The fourth-order valence-electron chi connectivity index (χ4n) is 1.65. The summed E-state index contributed by atoms with van der Waals surface area (Å²) < 4.78 is 0. The molecule has 0 unspecified atom stereocenters. The quantitative estimate of drug-likeness (QED) is 0.810. The maximum Gasteiger partial charge on any atom is 0.144 e. The normalized spacial score (nSPS) is 10.5. The van der Waals surface area contributed by atoms with Crippen molar-refractivity contribution in [3.8, 4) is 0 Å². The first-order valence-corrected chi connectivity index (χ1v) is 5.59. The topological polar surface area (TPSA) is 56.8 Å². The standard InChI is InChI=1S/C12H17N5/c1-13-8-11-15-7-5-12(16-11)17(2)9-10-4-3-6-14-10/h3-7,13-14H,8-9H2,1-2H3. The van der Waals surface area contributed by atoms with Crippen LogP contribution >= 0.6 is 0 Å². The third-order valence-corrected chi connectivity index (χ3v) is 2.49. The van der Waals surface area contributed by atoms with Gasteiger partial charge in [-0.2, -0.15) is 0 Å². The minimum absolute atomic E-state index is 0.685. The van der Waals surface area contributed by atoms with Gasteiger partial charge in [0.05, 0.1) is 13.1 Å². The number of aromatic nitrogens is 3. The van der Waals surface area contributed by atoms with E-state index in [1.807, 2.05) is 32.4 Å². The van der Waals surface area contributed by atoms with Crippen molar-refractivity contribution in [1.82, 2.24) is 20.3 Å². The van der Waals surface area contributed by atoms with Gasteiger partial charge in [0.25, 0.3) is 0 Å². The largest absolute Gasteiger partial charge is 0.364 e. The Morgan fingerprint density at radius 2 is 2.29 bits per heavy atom. The van der Waals surface area contributed by atoms with Gasteiger partial charge < -0.3 is 15.2 Å². The fraction of sp³-hybridized carbons (Fsp3) is 0.333. The van der Waals surface area contributed by atoms with E-state index in [2.05, 4.69) is 31.2 Å². The van der Waals surface area contributed by atoms with E-state index in [9.17, 15) is 0 Å². The van der Waals surface area contributed by atoms with Crippen molar-refractivity contribution in [3.05, 3.63) is 42.1 Å². The molecule has 5 nitrogen and oxygen atoms in total. The first-order chi connectivity index (χ1) is 8.29. The summed E-state index contributed by atoms with van der Waals surface area (Å²) >= 11 is 0. The molecular formula is C12H17N5. The highest BCUT2D eigenvalue weighted by Gasteiger charge is 2.05. The smallest absolute Gasteiger partial charge is 0.144 e. The van der Waals surface area contributed by atoms with Crippen LogP contribution < -0.4 is 10.2 Å². The maximum atomic E-state index is 4.48. The molecule has 17 heavy (non-hydrogen) atoms. The van der Waals surface area contributed by atoms with Crippen LogP contribution in [0.4, 0.5) is 5.82 Å². The number of rotatable bonds is 5. The van der Waals surface area contributed by atoms with Crippen LogP contribution in [0.15, 0.2) is 30.6 Å². The van der Waals surface area contributed by atoms with Crippen LogP contribution in [-0.2, 0) is 13.1 Å². The van der Waals surface area contributed by atoms with Crippen LogP contribution in [0.25, 0.3) is 0 Å². The van der Waals surface area contributed by atoms with Gasteiger partial charge in [0.2, 0.25) is 0 Å². The minimum atomic E-state index is 0.685. The van der Waals surface area contributed by atoms with Crippen LogP contribution in [0.2, 0.25) is 0 Å². The molecule has 0 fully saturated rings. The lowest BCUT2D eigenvalue weighted by Gasteiger charge is -2.17. The fourth-order valence-corrected chi connectivity index (χ4v) is 1.65. The van der Waals surface area contributed by atoms with Gasteiger partial charge in [-0.15, -0.1) is 0 Å². The molecule has 0 atom stereocenters. The first kappa shape index (κ1) is 11.6. The molecule has 2 heterocycles. The summed E-state index contributed by atoms with van der Waals surface area (Å²) in [7, 11) is 3.91. The number of nitrogens with zero attached hydrogens (tertiary/aromatic N) is 3. The molecule has 0 saturated carbocycles. The zero-order valence-electron chi connectivity index (χ0n) is 10.1. The van der Waals surface area contributed by atoms with Gasteiger partial charge in [-0.1, -0.05) is 0 Å². The molecular weight excluding hydrogens is 214 g/mol. The highest BCUT2D eigenvalue weighted by Crippen LogP contribution is 2.11. The molecule has 2 aromatic rings. The Morgan fingerprint density at radius 3 is 3.00 bits per heavy atom. The van der Waals surface area contributed by atoms with E-state index in [4.69, 9.17) is 0 Å². The average Bonchev–Trinajstić information content (AvgIpc) is 2.83. The number of hydrogen-bond donors (Lipinski definition) is 2. The summed E-state index contributed by atoms with van der Waals surface area (Å²) in [6.07, 6.45) is 3.72. The Balaban J connectivity index is 2.07. The molecule has 0 aliphatic rings. The second-order valence-electron chi connectivity index (χ2n) is 3.91. The molecule has 0 radical (unpaired) electrons. The molecule has 0 amide bonds. The number of hydrogen-bond acceptors (Lipinski definition) is 4. The van der Waals surface area contributed by atoms with Crippen molar-refractivity contribution in [1.29, 1.82) is 0 Å². The van der Waals surface area contributed by atoms with E-state index in [0.29, 0.717) is 6.54 Å². The van der Waals surface area contributed by atoms with Crippen molar-refractivity contribution in [2.45, 2.75) is 13.1 Å². The van der Waals surface area contributed by atoms with Gasteiger partial charge >= 0.3 is 0 Å². The molecule has 0 aliphatic heterocycles. The average molecular weight is 231 g/mol. The van der Waals surface area contributed by atoms with E-state index < -0.39 is 0 Å². The van der Waals surface area contributed by atoms with E-state index in [-0.39, 0.29) is 0 Å². The lowest BCUT2D eigenvalue weighted by molar-refractivity contribution is 0.749. The van der Waals surface area contributed by atoms with Crippen molar-refractivity contribution in [2.24, 2.45) is 0 Å². The number of aromatic amines is 1. The van der Waals surface area contributed by atoms with Gasteiger partial charge in [0.1, 0.15) is 11.6 Å². The number of H-pyrrole nitrogens is 1. The second kappa shape index (κ2) is 5.45. The Labute approximate surface area is 101 Å². The van der Waals surface area contributed by atoms with Crippen molar-refractivity contribution in [3.63, 3.8) is 0 Å². The third-order valence-electron chi connectivity index (χ3n) is 2.49. The van der Waals surface area contributed by atoms with Crippen LogP contribution in [0.5, 0.6) is 0 Å². The van der Waals surface area contributed by atoms with Crippen molar-refractivity contribution in [2.75, 3.05) is 19.0 Å². The van der Waals surface area contributed by atoms with Gasteiger partial charge in [0.15, 0.2) is 0 Å². The number of anilines is 1. The van der Waals surface area contributed by atoms with Crippen molar-refractivity contribution < 1.29 is 0 Å². The van der Waals surface area contributed by atoms with Crippen LogP contribution in [-0.4, -0.2) is 29.0 Å². The summed E-state index contributed by atoms with van der Waals surface area (Å²) in [5, 5.41) is 3.05. The van der Waals surface area contributed by atoms with Gasteiger partial charge in [0, 0.05) is 25.1 Å². The molecule has 2 N–H and O–H groups in total. The molecule has 2 rings (SSSR count). The summed E-state index contributed by atoms with van der Waals surface area (Å²) in [6.45, 7) is 1.49. The monoisotopic (exact) mass is 231 g/mol. The number of nitrogens with one attached hydrogen (secondary N) is 2. The molecule has 0 saturated heterocycles. The Bertz CT molecular complexity index is 452. The predicted octanol–water partition coefficient (Wildman–Crippen LogP) is 1.16. The second-order valence-corrected chi connectivity index (χ2v) is 3.91. The SMILES string of the molecule is CNCc1nccc(N(C)Cc2ccc[nH]2)n1. The van der Waals surface area contributed by atoms with Crippen molar-refractivity contribution >= 4 is 5.82 Å². The van der Waals surface area contributed by atoms with E-state index in [1.54, 1.807) is 6.20 Å². The van der Waals surface area contributed by atoms with Gasteiger partial charge in [-0.25, -0.2) is 9.97 Å². The highest BCUT2D eigenvalue weighted by molar-refractivity contribution is 5.36. The van der Waals surface area contributed by atoms with E-state index in [0.717, 1.165) is 18.2 Å². The first-order valence-electron chi connectivity index (χ1n) is 5.59. The summed E-state index contributed by atoms with van der Waals surface area (Å²) in [4.78, 5) is 14.0. The maximum absolute atomic E-state index is 4.48.